The molecule has 0 saturated carbocycles. The Morgan fingerprint density at radius 2 is 1.88 bits per heavy atom. The standard InChI is InChI=1S/C24H22F3N3O3/c1-3-12-33-17-10-8-16(9-11-17)21-13-19(18-6-4-5-7-20(18)28-21)22(31)30-23(32,24(25,26)27)14-15(2)29-30/h4-11,13,32H,3,12,14H2,1-2H3/t23-/m1/s1. The molecule has 1 aromatic heterocycles. The van der Waals surface area contributed by atoms with Crippen molar-refractivity contribution in [3.8, 4) is 17.0 Å². The molecule has 2 aromatic carbocycles. The maximum absolute atomic E-state index is 13.7. The number of carbonyl (C=O) groups is 1. The number of halogens is 3. The van der Waals surface area contributed by atoms with Gasteiger partial charge in [0.15, 0.2) is 0 Å². The SMILES string of the molecule is CCCOc1ccc(-c2cc(C(=O)N3N=C(C)C[C@@]3(O)C(F)(F)F)c3ccccc3n2)cc1. The second kappa shape index (κ2) is 8.47. The summed E-state index contributed by atoms with van der Waals surface area (Å²) in [6, 6.07) is 15.1. The van der Waals surface area contributed by atoms with Crippen LogP contribution in [0.3, 0.4) is 0 Å². The van der Waals surface area contributed by atoms with Gasteiger partial charge in [-0.3, -0.25) is 4.79 Å². The summed E-state index contributed by atoms with van der Waals surface area (Å²) >= 11 is 0. The molecule has 0 radical (unpaired) electrons. The van der Waals surface area contributed by atoms with Crippen molar-refractivity contribution in [3.63, 3.8) is 0 Å². The molecule has 9 heteroatoms. The van der Waals surface area contributed by atoms with Crippen molar-refractivity contribution in [2.75, 3.05) is 6.61 Å². The van der Waals surface area contributed by atoms with E-state index in [1.54, 1.807) is 48.5 Å². The van der Waals surface area contributed by atoms with E-state index in [0.717, 1.165) is 6.42 Å². The molecule has 1 N–H and O–H groups in total. The normalized spacial score (nSPS) is 18.5. The van der Waals surface area contributed by atoms with E-state index < -0.39 is 24.2 Å². The molecule has 172 valence electrons. The molecule has 0 bridgehead atoms. The van der Waals surface area contributed by atoms with E-state index in [1.165, 1.54) is 13.0 Å². The minimum Gasteiger partial charge on any atom is -0.494 e. The minimum absolute atomic E-state index is 0.00410. The highest BCUT2D eigenvalue weighted by atomic mass is 19.4. The maximum Gasteiger partial charge on any atom is 0.438 e. The molecule has 0 saturated heterocycles. The van der Waals surface area contributed by atoms with Crippen molar-refractivity contribution in [1.29, 1.82) is 0 Å². The third-order valence-electron chi connectivity index (χ3n) is 5.34. The Hall–Kier alpha value is -3.46. The van der Waals surface area contributed by atoms with E-state index in [2.05, 4.69) is 10.1 Å². The first kappa shape index (κ1) is 22.7. The number of aliphatic hydroxyl groups is 1. The number of para-hydroxylation sites is 1. The predicted octanol–water partition coefficient (Wildman–Crippen LogP) is 5.16. The second-order valence-electron chi connectivity index (χ2n) is 7.89. The Labute approximate surface area is 188 Å². The molecule has 4 rings (SSSR count). The monoisotopic (exact) mass is 457 g/mol. The van der Waals surface area contributed by atoms with Crippen molar-refractivity contribution in [3.05, 3.63) is 60.2 Å². The van der Waals surface area contributed by atoms with Crippen molar-refractivity contribution in [1.82, 2.24) is 9.99 Å². The van der Waals surface area contributed by atoms with Crippen LogP contribution in [0.5, 0.6) is 5.75 Å². The van der Waals surface area contributed by atoms with Gasteiger partial charge in [-0.15, -0.1) is 0 Å². The fourth-order valence-electron chi connectivity index (χ4n) is 3.71. The summed E-state index contributed by atoms with van der Waals surface area (Å²) < 4.78 is 46.6. The second-order valence-corrected chi connectivity index (χ2v) is 7.89. The van der Waals surface area contributed by atoms with E-state index >= 15 is 0 Å². The van der Waals surface area contributed by atoms with Gasteiger partial charge in [0.25, 0.3) is 11.6 Å². The predicted molar refractivity (Wildman–Crippen MR) is 118 cm³/mol. The zero-order valence-electron chi connectivity index (χ0n) is 18.1. The van der Waals surface area contributed by atoms with Gasteiger partial charge >= 0.3 is 6.18 Å². The number of pyridine rings is 1. The Balaban J connectivity index is 1.80. The first-order valence-corrected chi connectivity index (χ1v) is 10.4. The lowest BCUT2D eigenvalue weighted by Crippen LogP contribution is -2.56. The topological polar surface area (TPSA) is 75.0 Å². The van der Waals surface area contributed by atoms with E-state index in [1.807, 2.05) is 6.92 Å². The Morgan fingerprint density at radius 3 is 2.55 bits per heavy atom. The molecule has 0 fully saturated rings. The number of alkyl halides is 3. The number of ether oxygens (including phenoxy) is 1. The zero-order valence-corrected chi connectivity index (χ0v) is 18.1. The smallest absolute Gasteiger partial charge is 0.438 e. The molecule has 0 unspecified atom stereocenters. The van der Waals surface area contributed by atoms with Gasteiger partial charge in [0.05, 0.1) is 23.4 Å². The van der Waals surface area contributed by atoms with Gasteiger partial charge in [0.1, 0.15) is 5.75 Å². The summed E-state index contributed by atoms with van der Waals surface area (Å²) in [6.45, 7) is 3.91. The van der Waals surface area contributed by atoms with E-state index in [0.29, 0.717) is 34.5 Å². The van der Waals surface area contributed by atoms with Crippen LogP contribution in [0.15, 0.2) is 59.7 Å². The van der Waals surface area contributed by atoms with E-state index in [-0.39, 0.29) is 16.3 Å². The lowest BCUT2D eigenvalue weighted by atomic mass is 10.0. The molecule has 1 aliphatic rings. The number of rotatable bonds is 5. The zero-order chi connectivity index (χ0) is 23.8. The fourth-order valence-corrected chi connectivity index (χ4v) is 3.71. The van der Waals surface area contributed by atoms with Gasteiger partial charge in [-0.2, -0.15) is 23.3 Å². The summed E-state index contributed by atoms with van der Waals surface area (Å²) in [5.74, 6) is -0.385. The number of amides is 1. The lowest BCUT2D eigenvalue weighted by molar-refractivity contribution is -0.297. The number of nitrogens with zero attached hydrogens (tertiary/aromatic N) is 3. The average molecular weight is 457 g/mol. The van der Waals surface area contributed by atoms with Crippen molar-refractivity contribution < 1.29 is 27.8 Å². The highest BCUT2D eigenvalue weighted by Crippen LogP contribution is 2.41. The molecule has 1 aliphatic heterocycles. The van der Waals surface area contributed by atoms with Crippen LogP contribution in [0.1, 0.15) is 37.0 Å². The molecule has 2 heterocycles. The van der Waals surface area contributed by atoms with Gasteiger partial charge in [-0.1, -0.05) is 25.1 Å². The Morgan fingerprint density at radius 1 is 1.18 bits per heavy atom. The summed E-state index contributed by atoms with van der Waals surface area (Å²) in [4.78, 5) is 17.9. The van der Waals surface area contributed by atoms with Crippen LogP contribution in [-0.2, 0) is 0 Å². The number of aromatic nitrogens is 1. The van der Waals surface area contributed by atoms with Crippen LogP contribution >= 0.6 is 0 Å². The number of fused-ring (bicyclic) bond motifs is 1. The summed E-state index contributed by atoms with van der Waals surface area (Å²) in [7, 11) is 0. The number of hydrazone groups is 1. The highest BCUT2D eigenvalue weighted by Gasteiger charge is 2.62. The summed E-state index contributed by atoms with van der Waals surface area (Å²) in [5.41, 5.74) is -1.95. The van der Waals surface area contributed by atoms with Crippen LogP contribution in [0.4, 0.5) is 13.2 Å². The van der Waals surface area contributed by atoms with Crippen LogP contribution in [0.2, 0.25) is 0 Å². The van der Waals surface area contributed by atoms with Gasteiger partial charge in [-0.05, 0) is 49.7 Å². The van der Waals surface area contributed by atoms with Crippen molar-refractivity contribution >= 4 is 22.5 Å². The van der Waals surface area contributed by atoms with Gasteiger partial charge in [0, 0.05) is 23.1 Å². The molecule has 0 aliphatic carbocycles. The molecular weight excluding hydrogens is 435 g/mol. The molecule has 33 heavy (non-hydrogen) atoms. The van der Waals surface area contributed by atoms with Crippen LogP contribution in [-0.4, -0.2) is 45.2 Å². The first-order chi connectivity index (χ1) is 15.6. The highest BCUT2D eigenvalue weighted by molar-refractivity contribution is 6.08. The third kappa shape index (κ3) is 4.16. The minimum atomic E-state index is -5.08. The fraction of sp³-hybridized carbons (Fsp3) is 0.292. The van der Waals surface area contributed by atoms with Crippen LogP contribution in [0.25, 0.3) is 22.2 Å². The number of hydrogen-bond acceptors (Lipinski definition) is 5. The molecule has 1 atom stereocenters. The van der Waals surface area contributed by atoms with E-state index in [9.17, 15) is 23.1 Å². The van der Waals surface area contributed by atoms with Crippen molar-refractivity contribution in [2.45, 2.75) is 38.6 Å². The number of benzene rings is 2. The quantitative estimate of drug-likeness (QED) is 0.574. The molecule has 0 spiro atoms. The first-order valence-electron chi connectivity index (χ1n) is 10.4. The van der Waals surface area contributed by atoms with E-state index in [4.69, 9.17) is 4.74 Å². The summed E-state index contributed by atoms with van der Waals surface area (Å²) in [6.07, 6.45) is -5.02. The van der Waals surface area contributed by atoms with Gasteiger partial charge < -0.3 is 9.84 Å². The summed E-state index contributed by atoms with van der Waals surface area (Å²) in [5, 5.41) is 14.6. The van der Waals surface area contributed by atoms with Crippen LogP contribution in [0, 0.1) is 0 Å². The maximum atomic E-state index is 13.7. The van der Waals surface area contributed by atoms with Crippen molar-refractivity contribution in [2.24, 2.45) is 5.10 Å². The molecular formula is C24H22F3N3O3. The van der Waals surface area contributed by atoms with Gasteiger partial charge in [0.2, 0.25) is 0 Å². The van der Waals surface area contributed by atoms with Crippen LogP contribution < -0.4 is 4.74 Å². The molecule has 6 nitrogen and oxygen atoms in total. The Bertz CT molecular complexity index is 1230. The number of carbonyl (C=O) groups excluding carboxylic acids is 1. The number of hydrogen-bond donors (Lipinski definition) is 1. The third-order valence-corrected chi connectivity index (χ3v) is 5.34. The largest absolute Gasteiger partial charge is 0.494 e. The van der Waals surface area contributed by atoms with Gasteiger partial charge in [-0.25, -0.2) is 4.98 Å². The Kier molecular flexibility index (Phi) is 5.84. The average Bonchev–Trinajstić information content (AvgIpc) is 3.12. The molecule has 3 aromatic rings. The molecule has 1 amide bonds. The lowest BCUT2D eigenvalue weighted by Gasteiger charge is -2.32.